The van der Waals surface area contributed by atoms with Crippen molar-refractivity contribution in [3.05, 3.63) is 22.7 Å². The van der Waals surface area contributed by atoms with Crippen LogP contribution in [0.1, 0.15) is 0 Å². The minimum atomic E-state index is -4.75. The molecule has 0 aliphatic carbocycles. The molecule has 10 heteroatoms. The van der Waals surface area contributed by atoms with E-state index in [0.717, 1.165) is 0 Å². The highest BCUT2D eigenvalue weighted by atomic mass is 79.9. The zero-order valence-corrected chi connectivity index (χ0v) is 12.6. The lowest BCUT2D eigenvalue weighted by atomic mass is 10.3. The first-order chi connectivity index (χ1) is 9.85. The number of methoxy groups -OCH3 is 1. The van der Waals surface area contributed by atoms with Gasteiger partial charge in [0.2, 0.25) is 5.96 Å². The summed E-state index contributed by atoms with van der Waals surface area (Å²) in [4.78, 5) is 4.06. The molecule has 0 aliphatic heterocycles. The van der Waals surface area contributed by atoms with Gasteiger partial charge in [-0.25, -0.2) is 10.8 Å². The van der Waals surface area contributed by atoms with Gasteiger partial charge in [-0.05, 0) is 34.1 Å². The van der Waals surface area contributed by atoms with E-state index in [0.29, 0.717) is 18.8 Å². The van der Waals surface area contributed by atoms with Crippen LogP contribution in [0.2, 0.25) is 0 Å². The van der Waals surface area contributed by atoms with Gasteiger partial charge in [-0.1, -0.05) is 0 Å². The number of nitrogens with zero attached hydrogens (tertiary/aromatic N) is 1. The number of hydrazine groups is 1. The Bertz CT molecular complexity index is 497. The number of hydrogen-bond acceptors (Lipinski definition) is 4. The van der Waals surface area contributed by atoms with Crippen molar-refractivity contribution in [2.45, 2.75) is 6.36 Å². The fraction of sp³-hybridized carbons (Fsp3) is 0.364. The Labute approximate surface area is 127 Å². The summed E-state index contributed by atoms with van der Waals surface area (Å²) in [7, 11) is 1.54. The first-order valence-electron chi connectivity index (χ1n) is 5.68. The Morgan fingerprint density at radius 1 is 1.43 bits per heavy atom. The maximum atomic E-state index is 12.1. The highest BCUT2D eigenvalue weighted by molar-refractivity contribution is 9.10. The molecule has 1 aromatic carbocycles. The van der Waals surface area contributed by atoms with Crippen LogP contribution >= 0.6 is 15.9 Å². The van der Waals surface area contributed by atoms with Gasteiger partial charge in [0, 0.05) is 12.8 Å². The SMILES string of the molecule is COCCN=C(NN)Nc1ccc(OC(F)(F)F)c(Br)c1. The molecule has 4 N–H and O–H groups in total. The van der Waals surface area contributed by atoms with Crippen LogP contribution in [-0.4, -0.2) is 32.6 Å². The minimum Gasteiger partial charge on any atom is -0.405 e. The van der Waals surface area contributed by atoms with Crippen molar-refractivity contribution >= 4 is 27.6 Å². The Morgan fingerprint density at radius 3 is 2.67 bits per heavy atom. The fourth-order valence-electron chi connectivity index (χ4n) is 1.29. The van der Waals surface area contributed by atoms with Crippen LogP contribution in [-0.2, 0) is 4.74 Å². The van der Waals surface area contributed by atoms with Crippen molar-refractivity contribution in [1.29, 1.82) is 0 Å². The Balaban J connectivity index is 2.76. The summed E-state index contributed by atoms with van der Waals surface area (Å²) in [6.45, 7) is 0.786. The molecule has 0 heterocycles. The molecule has 1 rings (SSSR count). The summed E-state index contributed by atoms with van der Waals surface area (Å²) in [6, 6.07) is 3.97. The van der Waals surface area contributed by atoms with Crippen LogP contribution in [0.4, 0.5) is 18.9 Å². The average molecular weight is 371 g/mol. The summed E-state index contributed by atoms with van der Waals surface area (Å²) < 4.78 is 45.2. The van der Waals surface area contributed by atoms with Crippen molar-refractivity contribution in [1.82, 2.24) is 5.43 Å². The number of nitrogens with two attached hydrogens (primary N) is 1. The molecule has 0 amide bonds. The van der Waals surface area contributed by atoms with Gasteiger partial charge in [0.1, 0.15) is 5.75 Å². The summed E-state index contributed by atoms with van der Waals surface area (Å²) >= 11 is 3.00. The van der Waals surface area contributed by atoms with Gasteiger partial charge in [0.15, 0.2) is 0 Å². The minimum absolute atomic E-state index is 0.137. The molecule has 0 aromatic heterocycles. The maximum absolute atomic E-state index is 12.1. The molecule has 0 atom stereocenters. The molecule has 0 bridgehead atoms. The highest BCUT2D eigenvalue weighted by Crippen LogP contribution is 2.32. The van der Waals surface area contributed by atoms with E-state index in [9.17, 15) is 13.2 Å². The van der Waals surface area contributed by atoms with Gasteiger partial charge in [-0.15, -0.1) is 13.2 Å². The molecule has 6 nitrogen and oxygen atoms in total. The zero-order valence-electron chi connectivity index (χ0n) is 11.0. The molecular weight excluding hydrogens is 357 g/mol. The predicted octanol–water partition coefficient (Wildman–Crippen LogP) is 2.23. The average Bonchev–Trinajstić information content (AvgIpc) is 2.39. The van der Waals surface area contributed by atoms with Crippen molar-refractivity contribution in [3.63, 3.8) is 0 Å². The molecule has 118 valence electrons. The second-order valence-electron chi connectivity index (χ2n) is 3.69. The molecule has 0 fully saturated rings. The van der Waals surface area contributed by atoms with Gasteiger partial charge >= 0.3 is 6.36 Å². The van der Waals surface area contributed by atoms with E-state index in [1.807, 2.05) is 0 Å². The van der Waals surface area contributed by atoms with E-state index in [-0.39, 0.29) is 16.2 Å². The number of aliphatic imine (C=N–C) groups is 1. The van der Waals surface area contributed by atoms with Gasteiger partial charge in [-0.3, -0.25) is 5.43 Å². The highest BCUT2D eigenvalue weighted by Gasteiger charge is 2.31. The summed E-state index contributed by atoms with van der Waals surface area (Å²) in [5.41, 5.74) is 2.82. The van der Waals surface area contributed by atoms with E-state index in [1.54, 1.807) is 0 Å². The van der Waals surface area contributed by atoms with Crippen LogP contribution in [0.3, 0.4) is 0 Å². The predicted molar refractivity (Wildman–Crippen MR) is 75.9 cm³/mol. The molecular formula is C11H14BrF3N4O2. The summed E-state index contributed by atoms with van der Waals surface area (Å²) in [6.07, 6.45) is -4.75. The molecule has 0 radical (unpaired) electrons. The smallest absolute Gasteiger partial charge is 0.405 e. The number of hydrogen-bond donors (Lipinski definition) is 3. The third-order valence-corrected chi connectivity index (χ3v) is 2.74. The number of ether oxygens (including phenoxy) is 2. The normalized spacial score (nSPS) is 12.2. The van der Waals surface area contributed by atoms with Gasteiger partial charge in [0.25, 0.3) is 0 Å². The number of guanidine groups is 1. The Kier molecular flexibility index (Phi) is 6.72. The topological polar surface area (TPSA) is 80.9 Å². The van der Waals surface area contributed by atoms with Crippen molar-refractivity contribution in [3.8, 4) is 5.75 Å². The largest absolute Gasteiger partial charge is 0.573 e. The van der Waals surface area contributed by atoms with Crippen molar-refractivity contribution in [2.24, 2.45) is 10.8 Å². The van der Waals surface area contributed by atoms with Crippen molar-refractivity contribution in [2.75, 3.05) is 25.6 Å². The summed E-state index contributed by atoms with van der Waals surface area (Å²) in [5, 5.41) is 2.81. The van der Waals surface area contributed by atoms with Crippen LogP contribution in [0.25, 0.3) is 0 Å². The third-order valence-electron chi connectivity index (χ3n) is 2.12. The second kappa shape index (κ2) is 8.05. The quantitative estimate of drug-likeness (QED) is 0.243. The molecule has 1 aromatic rings. The molecule has 0 aliphatic rings. The first kappa shape index (κ1) is 17.5. The fourth-order valence-corrected chi connectivity index (χ4v) is 1.75. The standard InChI is InChI=1S/C11H14BrF3N4O2/c1-20-5-4-17-10(19-16)18-7-2-3-9(8(12)6-7)21-11(13,14)15/h2-3,6H,4-5,16H2,1H3,(H2,17,18,19). The molecule has 0 spiro atoms. The Hall–Kier alpha value is -1.52. The van der Waals surface area contributed by atoms with Crippen molar-refractivity contribution < 1.29 is 22.6 Å². The van der Waals surface area contributed by atoms with E-state index in [1.165, 1.54) is 25.3 Å². The first-order valence-corrected chi connectivity index (χ1v) is 6.47. The molecule has 21 heavy (non-hydrogen) atoms. The lowest BCUT2D eigenvalue weighted by molar-refractivity contribution is -0.274. The lowest BCUT2D eigenvalue weighted by Gasteiger charge is -2.13. The van der Waals surface area contributed by atoms with Crippen LogP contribution < -0.4 is 21.3 Å². The second-order valence-corrected chi connectivity index (χ2v) is 4.54. The molecule has 0 saturated heterocycles. The van der Waals surface area contributed by atoms with Gasteiger partial charge < -0.3 is 14.8 Å². The Morgan fingerprint density at radius 2 is 2.14 bits per heavy atom. The number of rotatable bonds is 5. The lowest BCUT2D eigenvalue weighted by Crippen LogP contribution is -2.36. The van der Waals surface area contributed by atoms with Crippen LogP contribution in [0, 0.1) is 0 Å². The van der Waals surface area contributed by atoms with Gasteiger partial charge in [0.05, 0.1) is 17.6 Å². The number of benzene rings is 1. The van der Waals surface area contributed by atoms with Crippen LogP contribution in [0.5, 0.6) is 5.75 Å². The number of alkyl halides is 3. The zero-order chi connectivity index (χ0) is 15.9. The maximum Gasteiger partial charge on any atom is 0.573 e. The molecule has 0 saturated carbocycles. The third kappa shape index (κ3) is 6.65. The monoisotopic (exact) mass is 370 g/mol. The summed E-state index contributed by atoms with van der Waals surface area (Å²) in [5.74, 6) is 5.20. The van der Waals surface area contributed by atoms with E-state index in [2.05, 4.69) is 36.4 Å². The number of anilines is 1. The number of halogens is 4. The van der Waals surface area contributed by atoms with Crippen LogP contribution in [0.15, 0.2) is 27.7 Å². The van der Waals surface area contributed by atoms with Gasteiger partial charge in [-0.2, -0.15) is 0 Å². The van der Waals surface area contributed by atoms with E-state index in [4.69, 9.17) is 10.6 Å². The van der Waals surface area contributed by atoms with E-state index < -0.39 is 6.36 Å². The van der Waals surface area contributed by atoms with E-state index >= 15 is 0 Å². The number of nitrogens with one attached hydrogen (secondary N) is 2. The molecule has 0 unspecified atom stereocenters.